The van der Waals surface area contributed by atoms with Gasteiger partial charge in [0.05, 0.1) is 0 Å². The van der Waals surface area contributed by atoms with Crippen LogP contribution in [0.15, 0.2) is 66.7 Å². The molecule has 0 aliphatic rings. The summed E-state index contributed by atoms with van der Waals surface area (Å²) >= 11 is 0. The lowest BCUT2D eigenvalue weighted by atomic mass is 10.0. The predicted molar refractivity (Wildman–Crippen MR) is 108 cm³/mol. The molecule has 0 fully saturated rings. The first-order valence-corrected chi connectivity index (χ1v) is 9.05. The number of hydrogen-bond donors (Lipinski definition) is 0. The van der Waals surface area contributed by atoms with Gasteiger partial charge in [0.2, 0.25) is 0 Å². The fraction of sp³-hybridized carbons (Fsp3) is 0.167. The van der Waals surface area contributed by atoms with Crippen LogP contribution in [0, 0.1) is 20.8 Å². The molecule has 0 radical (unpaired) electrons. The van der Waals surface area contributed by atoms with E-state index in [4.69, 9.17) is 9.47 Å². The number of hydrogen-bond acceptors (Lipinski definition) is 4. The molecule has 0 bridgehead atoms. The molecule has 0 atom stereocenters. The number of ketones is 1. The lowest BCUT2D eigenvalue weighted by Crippen LogP contribution is -2.18. The molecule has 0 aliphatic carbocycles. The second-order valence-corrected chi connectivity index (χ2v) is 6.71. The maximum absolute atomic E-state index is 12.5. The van der Waals surface area contributed by atoms with E-state index in [0.717, 1.165) is 11.1 Å². The Morgan fingerprint density at radius 3 is 2.21 bits per heavy atom. The van der Waals surface area contributed by atoms with E-state index in [1.165, 1.54) is 0 Å². The Morgan fingerprint density at radius 1 is 0.750 bits per heavy atom. The Hall–Kier alpha value is -3.40. The molecule has 28 heavy (non-hydrogen) atoms. The molecule has 3 aromatic carbocycles. The summed E-state index contributed by atoms with van der Waals surface area (Å²) in [5.74, 6) is 0.516. The summed E-state index contributed by atoms with van der Waals surface area (Å²) < 4.78 is 11.0. The van der Waals surface area contributed by atoms with Crippen LogP contribution in [-0.2, 0) is 4.79 Å². The van der Waals surface area contributed by atoms with Crippen molar-refractivity contribution in [2.75, 3.05) is 6.61 Å². The zero-order valence-corrected chi connectivity index (χ0v) is 16.2. The van der Waals surface area contributed by atoms with Crippen molar-refractivity contribution in [3.05, 3.63) is 94.5 Å². The molecular weight excluding hydrogens is 352 g/mol. The van der Waals surface area contributed by atoms with Crippen molar-refractivity contribution in [1.29, 1.82) is 0 Å². The van der Waals surface area contributed by atoms with E-state index in [0.29, 0.717) is 28.2 Å². The predicted octanol–water partition coefficient (Wildman–Crippen LogP) is 4.83. The highest BCUT2D eigenvalue weighted by molar-refractivity contribution is 6.09. The van der Waals surface area contributed by atoms with E-state index in [-0.39, 0.29) is 12.4 Å². The van der Waals surface area contributed by atoms with Gasteiger partial charge in [-0.25, -0.2) is 4.79 Å². The molecular formula is C24H22O4. The maximum atomic E-state index is 12.5. The van der Waals surface area contributed by atoms with Crippen molar-refractivity contribution < 1.29 is 19.1 Å². The lowest BCUT2D eigenvalue weighted by molar-refractivity contribution is -0.136. The molecule has 0 aliphatic heterocycles. The van der Waals surface area contributed by atoms with E-state index in [1.54, 1.807) is 37.3 Å². The number of esters is 1. The van der Waals surface area contributed by atoms with Crippen LogP contribution in [-0.4, -0.2) is 18.4 Å². The van der Waals surface area contributed by atoms with Crippen molar-refractivity contribution in [3.8, 4) is 11.5 Å². The molecule has 0 unspecified atom stereocenters. The van der Waals surface area contributed by atoms with Gasteiger partial charge in [0, 0.05) is 11.1 Å². The normalized spacial score (nSPS) is 10.4. The first-order chi connectivity index (χ1) is 13.4. The number of aryl methyl sites for hydroxylation is 3. The van der Waals surface area contributed by atoms with Gasteiger partial charge in [-0.15, -0.1) is 0 Å². The quantitative estimate of drug-likeness (QED) is 0.352. The largest absolute Gasteiger partial charge is 0.482 e. The molecule has 0 aromatic heterocycles. The molecule has 4 nitrogen and oxygen atoms in total. The van der Waals surface area contributed by atoms with Crippen molar-refractivity contribution in [2.24, 2.45) is 0 Å². The summed E-state index contributed by atoms with van der Waals surface area (Å²) in [7, 11) is 0. The van der Waals surface area contributed by atoms with E-state index >= 15 is 0 Å². The fourth-order valence-corrected chi connectivity index (χ4v) is 2.81. The highest BCUT2D eigenvalue weighted by atomic mass is 16.6. The van der Waals surface area contributed by atoms with Crippen molar-refractivity contribution in [3.63, 3.8) is 0 Å². The summed E-state index contributed by atoms with van der Waals surface area (Å²) in [5, 5.41) is 0. The molecule has 3 aromatic rings. The minimum Gasteiger partial charge on any atom is -0.482 e. The van der Waals surface area contributed by atoms with Crippen molar-refractivity contribution in [2.45, 2.75) is 20.8 Å². The van der Waals surface area contributed by atoms with Gasteiger partial charge in [0.15, 0.2) is 12.4 Å². The third-order valence-electron chi connectivity index (χ3n) is 4.39. The van der Waals surface area contributed by atoms with Crippen molar-refractivity contribution >= 4 is 11.8 Å². The molecule has 0 spiro atoms. The Bertz CT molecular complexity index is 1010. The molecule has 142 valence electrons. The maximum Gasteiger partial charge on any atom is 0.349 e. The number of rotatable bonds is 6. The molecule has 0 saturated heterocycles. The monoisotopic (exact) mass is 374 g/mol. The van der Waals surface area contributed by atoms with Gasteiger partial charge in [-0.1, -0.05) is 42.5 Å². The Labute approximate surface area is 164 Å². The second-order valence-electron chi connectivity index (χ2n) is 6.71. The topological polar surface area (TPSA) is 52.6 Å². The van der Waals surface area contributed by atoms with E-state index in [2.05, 4.69) is 0 Å². The van der Waals surface area contributed by atoms with Crippen LogP contribution in [0.25, 0.3) is 0 Å². The van der Waals surface area contributed by atoms with Crippen LogP contribution in [0.2, 0.25) is 0 Å². The van der Waals surface area contributed by atoms with Gasteiger partial charge < -0.3 is 9.47 Å². The van der Waals surface area contributed by atoms with Crippen LogP contribution in [0.1, 0.15) is 32.6 Å². The molecule has 0 amide bonds. The average molecular weight is 374 g/mol. The minimum absolute atomic E-state index is 0.0696. The molecule has 3 rings (SSSR count). The van der Waals surface area contributed by atoms with Gasteiger partial charge in [0.25, 0.3) is 0 Å². The van der Waals surface area contributed by atoms with E-state index in [9.17, 15) is 9.59 Å². The van der Waals surface area contributed by atoms with Crippen LogP contribution in [0.4, 0.5) is 0 Å². The highest BCUT2D eigenvalue weighted by Gasteiger charge is 2.13. The molecule has 0 saturated carbocycles. The number of benzene rings is 3. The highest BCUT2D eigenvalue weighted by Crippen LogP contribution is 2.22. The minimum atomic E-state index is -0.494. The van der Waals surface area contributed by atoms with Crippen molar-refractivity contribution in [1.82, 2.24) is 0 Å². The van der Waals surface area contributed by atoms with Gasteiger partial charge in [-0.05, 0) is 61.7 Å². The number of ether oxygens (including phenoxy) is 2. The van der Waals surface area contributed by atoms with Gasteiger partial charge in [0.1, 0.15) is 11.5 Å². The Morgan fingerprint density at radius 2 is 1.50 bits per heavy atom. The lowest BCUT2D eigenvalue weighted by Gasteiger charge is -2.11. The van der Waals surface area contributed by atoms with Gasteiger partial charge in [-0.2, -0.15) is 0 Å². The third-order valence-corrected chi connectivity index (χ3v) is 4.39. The van der Waals surface area contributed by atoms with Crippen LogP contribution in [0.5, 0.6) is 11.5 Å². The van der Waals surface area contributed by atoms with E-state index in [1.807, 2.05) is 50.2 Å². The first-order valence-electron chi connectivity index (χ1n) is 9.05. The Balaban J connectivity index is 1.65. The standard InChI is InChI=1S/C24H22O4/c1-16-9-10-17(2)22(13-16)27-15-23(25)28-21-12-11-20(14-18(21)3)24(26)19-7-5-4-6-8-19/h4-14H,15H2,1-3H3. The van der Waals surface area contributed by atoms with E-state index < -0.39 is 5.97 Å². The zero-order valence-electron chi connectivity index (χ0n) is 16.2. The van der Waals surface area contributed by atoms with Crippen LogP contribution >= 0.6 is 0 Å². The van der Waals surface area contributed by atoms with Gasteiger partial charge >= 0.3 is 5.97 Å². The smallest absolute Gasteiger partial charge is 0.349 e. The zero-order chi connectivity index (χ0) is 20.1. The van der Waals surface area contributed by atoms with Gasteiger partial charge in [-0.3, -0.25) is 4.79 Å². The van der Waals surface area contributed by atoms with Crippen LogP contribution in [0.3, 0.4) is 0 Å². The number of carbonyl (C=O) groups excluding carboxylic acids is 2. The first kappa shape index (κ1) is 19.4. The fourth-order valence-electron chi connectivity index (χ4n) is 2.81. The molecule has 4 heteroatoms. The second kappa shape index (κ2) is 8.53. The summed E-state index contributed by atoms with van der Waals surface area (Å²) in [5.41, 5.74) is 3.90. The number of carbonyl (C=O) groups is 2. The summed E-state index contributed by atoms with van der Waals surface area (Å²) in [6.45, 7) is 5.50. The molecule has 0 N–H and O–H groups in total. The summed E-state index contributed by atoms with van der Waals surface area (Å²) in [4.78, 5) is 24.7. The Kier molecular flexibility index (Phi) is 5.90. The molecule has 0 heterocycles. The third kappa shape index (κ3) is 4.65. The summed E-state index contributed by atoms with van der Waals surface area (Å²) in [6, 6.07) is 19.9. The summed E-state index contributed by atoms with van der Waals surface area (Å²) in [6.07, 6.45) is 0. The average Bonchev–Trinajstić information content (AvgIpc) is 2.70. The van der Waals surface area contributed by atoms with Crippen LogP contribution < -0.4 is 9.47 Å². The SMILES string of the molecule is Cc1ccc(C)c(OCC(=O)Oc2ccc(C(=O)c3ccccc3)cc2C)c1.